The zero-order valence-corrected chi connectivity index (χ0v) is 15.8. The molecule has 0 saturated heterocycles. The number of nitrogens with zero attached hydrogens (tertiary/aromatic N) is 2. The van der Waals surface area contributed by atoms with Crippen molar-refractivity contribution < 1.29 is 14.3 Å². The molecule has 2 N–H and O–H groups in total. The Morgan fingerprint density at radius 2 is 2.00 bits per heavy atom. The summed E-state index contributed by atoms with van der Waals surface area (Å²) in [7, 11) is 1.30. The highest BCUT2D eigenvalue weighted by molar-refractivity contribution is 7.99. The standard InChI is InChI=1S/C18H15ClN4O3S/c1-26-17(25)12-3-2-4-14(9-12)20-15(24)10-27-18-21-16(22-23-18)11-5-7-13(19)8-6-11/h2-9H,10H2,1H3,(H,20,24)(H,21,22,23). The summed E-state index contributed by atoms with van der Waals surface area (Å²) in [4.78, 5) is 28.0. The number of halogens is 1. The van der Waals surface area contributed by atoms with Crippen LogP contribution in [0.2, 0.25) is 5.02 Å². The van der Waals surface area contributed by atoms with E-state index in [1.807, 2.05) is 12.1 Å². The number of nitrogens with one attached hydrogen (secondary N) is 2. The molecule has 0 aliphatic heterocycles. The molecule has 27 heavy (non-hydrogen) atoms. The number of H-pyrrole nitrogens is 1. The van der Waals surface area contributed by atoms with Gasteiger partial charge in [-0.2, -0.15) is 0 Å². The third-order valence-corrected chi connectivity index (χ3v) is 4.58. The van der Waals surface area contributed by atoms with Crippen molar-refractivity contribution in [3.05, 3.63) is 59.1 Å². The summed E-state index contributed by atoms with van der Waals surface area (Å²) in [5.41, 5.74) is 1.73. The highest BCUT2D eigenvalue weighted by atomic mass is 35.5. The SMILES string of the molecule is COC(=O)c1cccc(NC(=O)CSc2n[nH]c(-c3ccc(Cl)cc3)n2)c1. The zero-order valence-electron chi connectivity index (χ0n) is 14.2. The van der Waals surface area contributed by atoms with Crippen molar-refractivity contribution in [3.63, 3.8) is 0 Å². The van der Waals surface area contributed by atoms with E-state index in [1.165, 1.54) is 18.9 Å². The molecule has 1 heterocycles. The molecule has 0 aliphatic rings. The van der Waals surface area contributed by atoms with Crippen molar-refractivity contribution >= 4 is 40.9 Å². The van der Waals surface area contributed by atoms with E-state index in [0.717, 1.165) is 5.56 Å². The lowest BCUT2D eigenvalue weighted by molar-refractivity contribution is -0.113. The summed E-state index contributed by atoms with van der Waals surface area (Å²) >= 11 is 7.07. The lowest BCUT2D eigenvalue weighted by Gasteiger charge is -2.06. The van der Waals surface area contributed by atoms with E-state index in [0.29, 0.717) is 27.3 Å². The maximum atomic E-state index is 12.1. The highest BCUT2D eigenvalue weighted by Crippen LogP contribution is 2.21. The minimum atomic E-state index is -0.462. The van der Waals surface area contributed by atoms with Gasteiger partial charge in [-0.05, 0) is 42.5 Å². The van der Waals surface area contributed by atoms with Crippen LogP contribution in [0.1, 0.15) is 10.4 Å². The Labute approximate surface area is 164 Å². The van der Waals surface area contributed by atoms with E-state index in [-0.39, 0.29) is 11.7 Å². The van der Waals surface area contributed by atoms with Gasteiger partial charge in [-0.3, -0.25) is 9.89 Å². The van der Waals surface area contributed by atoms with Crippen LogP contribution in [0.25, 0.3) is 11.4 Å². The molecule has 1 aromatic heterocycles. The molecular formula is C18H15ClN4O3S. The number of methoxy groups -OCH3 is 1. The molecule has 0 unspecified atom stereocenters. The quantitative estimate of drug-likeness (QED) is 0.482. The number of aromatic nitrogens is 3. The molecule has 0 bridgehead atoms. The molecule has 1 amide bonds. The molecule has 3 aromatic rings. The van der Waals surface area contributed by atoms with E-state index in [1.54, 1.807) is 36.4 Å². The third-order valence-electron chi connectivity index (χ3n) is 3.48. The van der Waals surface area contributed by atoms with Crippen LogP contribution in [0.4, 0.5) is 5.69 Å². The number of aromatic amines is 1. The number of benzene rings is 2. The summed E-state index contributed by atoms with van der Waals surface area (Å²) in [5, 5.41) is 10.8. The summed E-state index contributed by atoms with van der Waals surface area (Å²) in [6, 6.07) is 13.7. The molecule has 0 fully saturated rings. The van der Waals surface area contributed by atoms with Crippen LogP contribution in [0.15, 0.2) is 53.7 Å². The Balaban J connectivity index is 1.57. The third kappa shape index (κ3) is 5.08. The van der Waals surface area contributed by atoms with Crippen molar-refractivity contribution in [2.45, 2.75) is 5.16 Å². The number of esters is 1. The molecule has 9 heteroatoms. The molecule has 0 aliphatic carbocycles. The maximum absolute atomic E-state index is 12.1. The molecule has 0 atom stereocenters. The number of carbonyl (C=O) groups excluding carboxylic acids is 2. The van der Waals surface area contributed by atoms with Crippen molar-refractivity contribution in [2.75, 3.05) is 18.2 Å². The lowest BCUT2D eigenvalue weighted by atomic mass is 10.2. The summed E-state index contributed by atoms with van der Waals surface area (Å²) in [6.45, 7) is 0. The van der Waals surface area contributed by atoms with Gasteiger partial charge in [0.05, 0.1) is 18.4 Å². The first-order valence-electron chi connectivity index (χ1n) is 7.84. The Hall–Kier alpha value is -2.84. The Morgan fingerprint density at radius 1 is 1.22 bits per heavy atom. The van der Waals surface area contributed by atoms with Crippen LogP contribution in [0.5, 0.6) is 0 Å². The van der Waals surface area contributed by atoms with Gasteiger partial charge in [-0.1, -0.05) is 29.4 Å². The number of hydrogen-bond acceptors (Lipinski definition) is 6. The van der Waals surface area contributed by atoms with E-state index >= 15 is 0 Å². The van der Waals surface area contributed by atoms with Gasteiger partial charge in [-0.25, -0.2) is 9.78 Å². The van der Waals surface area contributed by atoms with Gasteiger partial charge in [0, 0.05) is 16.3 Å². The van der Waals surface area contributed by atoms with Crippen LogP contribution in [-0.4, -0.2) is 39.9 Å². The second kappa shape index (κ2) is 8.70. The number of amides is 1. The van der Waals surface area contributed by atoms with Gasteiger partial charge < -0.3 is 10.1 Å². The number of carbonyl (C=O) groups is 2. The fourth-order valence-corrected chi connectivity index (χ4v) is 2.94. The highest BCUT2D eigenvalue weighted by Gasteiger charge is 2.11. The van der Waals surface area contributed by atoms with Gasteiger partial charge >= 0.3 is 5.97 Å². The number of rotatable bonds is 6. The summed E-state index contributed by atoms with van der Waals surface area (Å²) < 4.78 is 4.66. The fraction of sp³-hybridized carbons (Fsp3) is 0.111. The van der Waals surface area contributed by atoms with Gasteiger partial charge in [0.25, 0.3) is 0 Å². The second-order valence-corrected chi connectivity index (χ2v) is 6.76. The molecule has 0 saturated carbocycles. The van der Waals surface area contributed by atoms with E-state index in [9.17, 15) is 9.59 Å². The van der Waals surface area contributed by atoms with Crippen LogP contribution < -0.4 is 5.32 Å². The number of hydrogen-bond donors (Lipinski definition) is 2. The monoisotopic (exact) mass is 402 g/mol. The van der Waals surface area contributed by atoms with Crippen LogP contribution >= 0.6 is 23.4 Å². The fourth-order valence-electron chi connectivity index (χ4n) is 2.22. The van der Waals surface area contributed by atoms with Crippen LogP contribution in [0, 0.1) is 0 Å². The number of ether oxygens (including phenoxy) is 1. The lowest BCUT2D eigenvalue weighted by Crippen LogP contribution is -2.14. The first-order valence-corrected chi connectivity index (χ1v) is 9.21. The smallest absolute Gasteiger partial charge is 0.337 e. The minimum Gasteiger partial charge on any atom is -0.465 e. The van der Waals surface area contributed by atoms with E-state index in [4.69, 9.17) is 11.6 Å². The predicted octanol–water partition coefficient (Wildman–Crippen LogP) is 3.64. The zero-order chi connectivity index (χ0) is 19.2. The minimum absolute atomic E-state index is 0.125. The molecule has 0 spiro atoms. The molecule has 3 rings (SSSR count). The van der Waals surface area contributed by atoms with Crippen molar-refractivity contribution in [1.82, 2.24) is 15.2 Å². The first-order chi connectivity index (χ1) is 13.0. The molecule has 2 aromatic carbocycles. The topological polar surface area (TPSA) is 97.0 Å². The molecule has 7 nitrogen and oxygen atoms in total. The maximum Gasteiger partial charge on any atom is 0.337 e. The Bertz CT molecular complexity index is 959. The normalized spacial score (nSPS) is 10.4. The first kappa shape index (κ1) is 18.9. The predicted molar refractivity (Wildman–Crippen MR) is 104 cm³/mol. The average molecular weight is 403 g/mol. The molecular weight excluding hydrogens is 388 g/mol. The van der Waals surface area contributed by atoms with E-state index in [2.05, 4.69) is 25.2 Å². The van der Waals surface area contributed by atoms with Gasteiger partial charge in [0.15, 0.2) is 5.82 Å². The van der Waals surface area contributed by atoms with E-state index < -0.39 is 5.97 Å². The van der Waals surface area contributed by atoms with Crippen LogP contribution in [0.3, 0.4) is 0 Å². The second-order valence-electron chi connectivity index (χ2n) is 5.38. The van der Waals surface area contributed by atoms with Crippen LogP contribution in [-0.2, 0) is 9.53 Å². The van der Waals surface area contributed by atoms with Crippen molar-refractivity contribution in [1.29, 1.82) is 0 Å². The Kier molecular flexibility index (Phi) is 6.10. The number of anilines is 1. The Morgan fingerprint density at radius 3 is 2.74 bits per heavy atom. The van der Waals surface area contributed by atoms with Gasteiger partial charge in [-0.15, -0.1) is 5.10 Å². The van der Waals surface area contributed by atoms with Gasteiger partial charge in [0.1, 0.15) is 0 Å². The summed E-state index contributed by atoms with van der Waals surface area (Å²) in [5.74, 6) is 0.0246. The largest absolute Gasteiger partial charge is 0.465 e. The number of thioether (sulfide) groups is 1. The molecule has 0 radical (unpaired) electrons. The van der Waals surface area contributed by atoms with Crippen molar-refractivity contribution in [3.8, 4) is 11.4 Å². The van der Waals surface area contributed by atoms with Gasteiger partial charge in [0.2, 0.25) is 11.1 Å². The molecule has 138 valence electrons. The van der Waals surface area contributed by atoms with Crippen molar-refractivity contribution in [2.24, 2.45) is 0 Å². The summed E-state index contributed by atoms with van der Waals surface area (Å²) in [6.07, 6.45) is 0. The average Bonchev–Trinajstić information content (AvgIpc) is 3.15.